The molecule has 1 aromatic heterocycles. The predicted molar refractivity (Wildman–Crippen MR) is 98.4 cm³/mol. The van der Waals surface area contributed by atoms with Gasteiger partial charge in [0.05, 0.1) is 6.20 Å². The van der Waals surface area contributed by atoms with Crippen LogP contribution >= 0.6 is 0 Å². The van der Waals surface area contributed by atoms with Crippen molar-refractivity contribution < 1.29 is 13.2 Å². The summed E-state index contributed by atoms with van der Waals surface area (Å²) in [6, 6.07) is 5.67. The first-order valence-electron chi connectivity index (χ1n) is 8.64. The van der Waals surface area contributed by atoms with Crippen LogP contribution in [0, 0.1) is 13.8 Å². The summed E-state index contributed by atoms with van der Waals surface area (Å²) in [5.74, 6) is -0.0475. The first-order valence-corrected chi connectivity index (χ1v) is 10.1. The molecule has 3 rings (SSSR count). The fourth-order valence-corrected chi connectivity index (χ4v) is 4.53. The molecule has 0 spiro atoms. The molecule has 0 aliphatic carbocycles. The van der Waals surface area contributed by atoms with Crippen LogP contribution in [-0.2, 0) is 17.1 Å². The predicted octanol–water partition coefficient (Wildman–Crippen LogP) is 1.57. The van der Waals surface area contributed by atoms with Gasteiger partial charge in [0.15, 0.2) is 0 Å². The van der Waals surface area contributed by atoms with Crippen molar-refractivity contribution >= 4 is 15.9 Å². The Labute approximate surface area is 154 Å². The second kappa shape index (κ2) is 7.20. The number of hydrogen-bond acceptors (Lipinski definition) is 4. The normalized spacial score (nSPS) is 16.5. The van der Waals surface area contributed by atoms with Gasteiger partial charge in [0.1, 0.15) is 4.90 Å². The highest BCUT2D eigenvalue weighted by Gasteiger charge is 2.29. The minimum Gasteiger partial charge on any atom is -0.337 e. The van der Waals surface area contributed by atoms with E-state index in [2.05, 4.69) is 5.10 Å². The molecule has 140 valence electrons. The van der Waals surface area contributed by atoms with E-state index in [1.807, 2.05) is 32.0 Å². The van der Waals surface area contributed by atoms with E-state index in [1.165, 1.54) is 21.4 Å². The van der Waals surface area contributed by atoms with Crippen LogP contribution in [0.25, 0.3) is 0 Å². The van der Waals surface area contributed by atoms with Crippen LogP contribution in [0.4, 0.5) is 0 Å². The second-order valence-corrected chi connectivity index (χ2v) is 8.64. The monoisotopic (exact) mass is 376 g/mol. The van der Waals surface area contributed by atoms with Crippen LogP contribution in [0.3, 0.4) is 0 Å². The molecule has 26 heavy (non-hydrogen) atoms. The van der Waals surface area contributed by atoms with Gasteiger partial charge in [-0.25, -0.2) is 8.42 Å². The fraction of sp³-hybridized carbons (Fsp3) is 0.444. The van der Waals surface area contributed by atoms with E-state index < -0.39 is 10.0 Å². The Morgan fingerprint density at radius 1 is 1.08 bits per heavy atom. The van der Waals surface area contributed by atoms with Crippen LogP contribution in [0.15, 0.2) is 35.5 Å². The van der Waals surface area contributed by atoms with Crippen LogP contribution in [0.5, 0.6) is 0 Å². The van der Waals surface area contributed by atoms with Gasteiger partial charge in [-0.3, -0.25) is 9.48 Å². The van der Waals surface area contributed by atoms with Crippen LogP contribution in [-0.4, -0.2) is 59.5 Å². The van der Waals surface area contributed by atoms with Gasteiger partial charge in [-0.05, 0) is 43.5 Å². The lowest BCUT2D eigenvalue weighted by Crippen LogP contribution is -2.37. The third kappa shape index (κ3) is 3.66. The number of amides is 1. The van der Waals surface area contributed by atoms with Crippen molar-refractivity contribution in [1.29, 1.82) is 0 Å². The lowest BCUT2D eigenvalue weighted by atomic mass is 10.1. The molecule has 1 aliphatic heterocycles. The van der Waals surface area contributed by atoms with Crippen molar-refractivity contribution in [3.8, 4) is 0 Å². The molecule has 1 fully saturated rings. The lowest BCUT2D eigenvalue weighted by Gasteiger charge is -2.22. The molecule has 0 N–H and O–H groups in total. The van der Waals surface area contributed by atoms with Crippen LogP contribution < -0.4 is 0 Å². The van der Waals surface area contributed by atoms with Gasteiger partial charge < -0.3 is 4.90 Å². The molecule has 8 heteroatoms. The SMILES string of the molecule is Cc1ccc(C(=O)N2CCCN(S(=O)(=O)c3cnn(C)c3)CC2)cc1C. The standard InChI is InChI=1S/C18H24N4O3S/c1-14-5-6-16(11-15(14)2)18(23)21-7-4-8-22(10-9-21)26(24,25)17-12-19-20(3)13-17/h5-6,11-13H,4,7-10H2,1-3H3. The number of sulfonamides is 1. The zero-order valence-electron chi connectivity index (χ0n) is 15.3. The first-order chi connectivity index (χ1) is 12.3. The maximum absolute atomic E-state index is 12.8. The Kier molecular flexibility index (Phi) is 5.15. The molecule has 0 bridgehead atoms. The quantitative estimate of drug-likeness (QED) is 0.815. The van der Waals surface area contributed by atoms with E-state index in [1.54, 1.807) is 11.9 Å². The number of rotatable bonds is 3. The van der Waals surface area contributed by atoms with Crippen molar-refractivity contribution in [2.24, 2.45) is 7.05 Å². The summed E-state index contributed by atoms with van der Waals surface area (Å²) >= 11 is 0. The van der Waals surface area contributed by atoms with Gasteiger partial charge in [-0.15, -0.1) is 0 Å². The highest BCUT2D eigenvalue weighted by atomic mass is 32.2. The van der Waals surface area contributed by atoms with E-state index >= 15 is 0 Å². The van der Waals surface area contributed by atoms with E-state index in [0.717, 1.165) is 11.1 Å². The Hall–Kier alpha value is -2.19. The van der Waals surface area contributed by atoms with Crippen LogP contribution in [0.1, 0.15) is 27.9 Å². The number of hydrogen-bond donors (Lipinski definition) is 0. The highest BCUT2D eigenvalue weighted by Crippen LogP contribution is 2.18. The average Bonchev–Trinajstić information content (AvgIpc) is 2.90. The highest BCUT2D eigenvalue weighted by molar-refractivity contribution is 7.89. The molecule has 0 radical (unpaired) electrons. The van der Waals surface area contributed by atoms with Gasteiger partial charge in [0, 0.05) is 45.0 Å². The minimum absolute atomic E-state index is 0.0475. The Morgan fingerprint density at radius 2 is 1.85 bits per heavy atom. The summed E-state index contributed by atoms with van der Waals surface area (Å²) in [5.41, 5.74) is 2.87. The summed E-state index contributed by atoms with van der Waals surface area (Å²) in [7, 11) is -1.89. The van der Waals surface area contributed by atoms with Gasteiger partial charge in [0.25, 0.3) is 5.91 Å². The second-order valence-electron chi connectivity index (χ2n) is 6.70. The summed E-state index contributed by atoms with van der Waals surface area (Å²) < 4.78 is 28.4. The molecule has 0 saturated carbocycles. The van der Waals surface area contributed by atoms with Gasteiger partial charge in [-0.1, -0.05) is 6.07 Å². The van der Waals surface area contributed by atoms with E-state index in [9.17, 15) is 13.2 Å². The Morgan fingerprint density at radius 3 is 2.50 bits per heavy atom. The van der Waals surface area contributed by atoms with Gasteiger partial charge in [-0.2, -0.15) is 9.40 Å². The maximum Gasteiger partial charge on any atom is 0.253 e. The van der Waals surface area contributed by atoms with Crippen molar-refractivity contribution in [1.82, 2.24) is 19.0 Å². The number of carbonyl (C=O) groups excluding carboxylic acids is 1. The molecular weight excluding hydrogens is 352 g/mol. The molecular formula is C18H24N4O3S. The molecule has 2 heterocycles. The maximum atomic E-state index is 12.8. The van der Waals surface area contributed by atoms with Crippen molar-refractivity contribution in [2.75, 3.05) is 26.2 Å². The molecule has 7 nitrogen and oxygen atoms in total. The topological polar surface area (TPSA) is 75.5 Å². The molecule has 1 saturated heterocycles. The molecule has 0 unspecified atom stereocenters. The molecule has 1 amide bonds. The number of aromatic nitrogens is 2. The fourth-order valence-electron chi connectivity index (χ4n) is 3.08. The van der Waals surface area contributed by atoms with Gasteiger partial charge in [0.2, 0.25) is 10.0 Å². The molecule has 2 aromatic rings. The van der Waals surface area contributed by atoms with Gasteiger partial charge >= 0.3 is 0 Å². The van der Waals surface area contributed by atoms with Crippen LogP contribution in [0.2, 0.25) is 0 Å². The minimum atomic E-state index is -3.58. The van der Waals surface area contributed by atoms with E-state index in [-0.39, 0.29) is 17.3 Å². The number of benzene rings is 1. The summed E-state index contributed by atoms with van der Waals surface area (Å²) in [6.45, 7) is 5.60. The largest absolute Gasteiger partial charge is 0.337 e. The number of nitrogens with zero attached hydrogens (tertiary/aromatic N) is 4. The van der Waals surface area contributed by atoms with Crippen molar-refractivity contribution in [3.05, 3.63) is 47.3 Å². The first kappa shape index (κ1) is 18.6. The molecule has 0 atom stereocenters. The zero-order chi connectivity index (χ0) is 18.9. The lowest BCUT2D eigenvalue weighted by molar-refractivity contribution is 0.0764. The summed E-state index contributed by atoms with van der Waals surface area (Å²) in [5, 5.41) is 3.95. The third-order valence-corrected chi connectivity index (χ3v) is 6.67. The summed E-state index contributed by atoms with van der Waals surface area (Å²) in [4.78, 5) is 14.7. The Bertz CT molecular complexity index is 920. The average molecular weight is 376 g/mol. The summed E-state index contributed by atoms with van der Waals surface area (Å²) in [6.07, 6.45) is 3.46. The third-order valence-electron chi connectivity index (χ3n) is 4.81. The number of aryl methyl sites for hydroxylation is 3. The zero-order valence-corrected chi connectivity index (χ0v) is 16.2. The molecule has 1 aromatic carbocycles. The van der Waals surface area contributed by atoms with Crippen molar-refractivity contribution in [3.63, 3.8) is 0 Å². The molecule has 1 aliphatic rings. The smallest absolute Gasteiger partial charge is 0.253 e. The number of carbonyl (C=O) groups is 1. The van der Waals surface area contributed by atoms with E-state index in [0.29, 0.717) is 31.6 Å². The van der Waals surface area contributed by atoms with Crippen molar-refractivity contribution in [2.45, 2.75) is 25.2 Å². The van der Waals surface area contributed by atoms with E-state index in [4.69, 9.17) is 0 Å². The Balaban J connectivity index is 1.73.